The predicted octanol–water partition coefficient (Wildman–Crippen LogP) is 2.49. The number of piperazine rings is 1. The van der Waals surface area contributed by atoms with E-state index in [1.807, 2.05) is 49.2 Å². The number of carbonyl (C=O) groups excluding carboxylic acids is 1. The lowest BCUT2D eigenvalue weighted by Crippen LogP contribution is -2.54. The van der Waals surface area contributed by atoms with Crippen LogP contribution in [0.1, 0.15) is 12.5 Å². The minimum absolute atomic E-state index is 0.0807. The first-order chi connectivity index (χ1) is 14.6. The van der Waals surface area contributed by atoms with E-state index < -0.39 is 0 Å². The van der Waals surface area contributed by atoms with Gasteiger partial charge in [-0.05, 0) is 31.7 Å². The molecule has 0 bridgehead atoms. The van der Waals surface area contributed by atoms with Gasteiger partial charge >= 0.3 is 0 Å². The molecule has 2 aliphatic rings. The Hall–Kier alpha value is -2.57. The maximum Gasteiger partial charge on any atom is 0.239 e. The van der Waals surface area contributed by atoms with Crippen molar-refractivity contribution in [3.8, 4) is 11.5 Å². The number of fused-ring (bicyclic) bond motifs is 1. The zero-order chi connectivity index (χ0) is 20.9. The molecule has 0 spiro atoms. The van der Waals surface area contributed by atoms with Gasteiger partial charge in [0.25, 0.3) is 0 Å². The Morgan fingerprint density at radius 3 is 2.43 bits per heavy atom. The molecule has 0 aromatic heterocycles. The van der Waals surface area contributed by atoms with Gasteiger partial charge in [-0.1, -0.05) is 42.5 Å². The molecule has 1 fully saturated rings. The average Bonchev–Trinajstić information content (AvgIpc) is 2.79. The number of rotatable bonds is 6. The van der Waals surface area contributed by atoms with Crippen molar-refractivity contribution in [3.63, 3.8) is 0 Å². The van der Waals surface area contributed by atoms with E-state index in [4.69, 9.17) is 9.47 Å². The van der Waals surface area contributed by atoms with Gasteiger partial charge in [0, 0.05) is 39.3 Å². The van der Waals surface area contributed by atoms with Crippen molar-refractivity contribution in [2.45, 2.75) is 25.6 Å². The summed E-state index contributed by atoms with van der Waals surface area (Å²) < 4.78 is 11.9. The summed E-state index contributed by atoms with van der Waals surface area (Å²) in [5, 5.41) is 0. The fraction of sp³-hybridized carbons (Fsp3) is 0.458. The molecule has 2 aliphatic heterocycles. The first-order valence-electron chi connectivity index (χ1n) is 10.7. The number of hydrogen-bond acceptors (Lipinski definition) is 5. The Balaban J connectivity index is 1.24. The normalized spacial score (nSPS) is 20.2. The van der Waals surface area contributed by atoms with Crippen molar-refractivity contribution in [1.82, 2.24) is 14.7 Å². The molecule has 0 N–H and O–H groups in total. The molecule has 0 saturated carbocycles. The number of nitrogens with zero attached hydrogens (tertiary/aromatic N) is 3. The third-order valence-corrected chi connectivity index (χ3v) is 6.01. The largest absolute Gasteiger partial charge is 0.486 e. The van der Waals surface area contributed by atoms with Gasteiger partial charge in [-0.15, -0.1) is 0 Å². The SMILES string of the molecule is C[C@@H](C(=O)N1CCN(Cc2ccccc2)CC1)N(C)C[C@H]1COc2ccccc2O1. The molecule has 0 aliphatic carbocycles. The van der Waals surface area contributed by atoms with Gasteiger partial charge in [0.05, 0.1) is 6.04 Å². The van der Waals surface area contributed by atoms with E-state index in [2.05, 4.69) is 34.1 Å². The smallest absolute Gasteiger partial charge is 0.239 e. The van der Waals surface area contributed by atoms with Crippen LogP contribution in [0.5, 0.6) is 11.5 Å². The highest BCUT2D eigenvalue weighted by atomic mass is 16.6. The minimum atomic E-state index is -0.188. The topological polar surface area (TPSA) is 45.3 Å². The van der Waals surface area contributed by atoms with Gasteiger partial charge in [0.2, 0.25) is 5.91 Å². The van der Waals surface area contributed by atoms with E-state index >= 15 is 0 Å². The second kappa shape index (κ2) is 9.49. The lowest BCUT2D eigenvalue weighted by Gasteiger charge is -2.38. The number of likely N-dealkylation sites (N-methyl/N-ethyl adjacent to an activating group) is 1. The zero-order valence-corrected chi connectivity index (χ0v) is 17.9. The molecular formula is C24H31N3O3. The fourth-order valence-electron chi connectivity index (χ4n) is 4.05. The van der Waals surface area contributed by atoms with E-state index in [1.165, 1.54) is 5.56 Å². The summed E-state index contributed by atoms with van der Waals surface area (Å²) in [5.74, 6) is 1.75. The molecular weight excluding hydrogens is 378 g/mol. The number of hydrogen-bond donors (Lipinski definition) is 0. The van der Waals surface area contributed by atoms with Gasteiger partial charge in [-0.3, -0.25) is 14.6 Å². The molecule has 160 valence electrons. The van der Waals surface area contributed by atoms with Crippen molar-refractivity contribution < 1.29 is 14.3 Å². The summed E-state index contributed by atoms with van der Waals surface area (Å²) in [6.45, 7) is 7.45. The van der Waals surface area contributed by atoms with Gasteiger partial charge in [-0.2, -0.15) is 0 Å². The van der Waals surface area contributed by atoms with E-state index in [9.17, 15) is 4.79 Å². The van der Waals surface area contributed by atoms with Crippen LogP contribution < -0.4 is 9.47 Å². The molecule has 2 heterocycles. The highest BCUT2D eigenvalue weighted by Gasteiger charge is 2.30. The molecule has 6 heteroatoms. The average molecular weight is 410 g/mol. The first kappa shape index (κ1) is 20.7. The third kappa shape index (κ3) is 4.94. The van der Waals surface area contributed by atoms with Crippen LogP contribution in [-0.4, -0.2) is 79.1 Å². The van der Waals surface area contributed by atoms with Crippen LogP contribution in [0.4, 0.5) is 0 Å². The van der Waals surface area contributed by atoms with Crippen LogP contribution >= 0.6 is 0 Å². The molecule has 0 radical (unpaired) electrons. The molecule has 2 aromatic carbocycles. The predicted molar refractivity (Wildman–Crippen MR) is 117 cm³/mol. The van der Waals surface area contributed by atoms with Crippen molar-refractivity contribution >= 4 is 5.91 Å². The lowest BCUT2D eigenvalue weighted by atomic mass is 10.1. The summed E-state index contributed by atoms with van der Waals surface area (Å²) in [7, 11) is 1.98. The molecule has 4 rings (SSSR count). The maximum atomic E-state index is 13.0. The first-order valence-corrected chi connectivity index (χ1v) is 10.7. The highest BCUT2D eigenvalue weighted by Crippen LogP contribution is 2.31. The molecule has 6 nitrogen and oxygen atoms in total. The Kier molecular flexibility index (Phi) is 6.55. The van der Waals surface area contributed by atoms with Crippen LogP contribution in [0.3, 0.4) is 0 Å². The van der Waals surface area contributed by atoms with E-state index in [0.29, 0.717) is 13.2 Å². The maximum absolute atomic E-state index is 13.0. The summed E-state index contributed by atoms with van der Waals surface area (Å²) in [6, 6.07) is 18.0. The fourth-order valence-corrected chi connectivity index (χ4v) is 4.05. The van der Waals surface area contributed by atoms with Gasteiger partial charge in [0.15, 0.2) is 11.5 Å². The summed E-state index contributed by atoms with van der Waals surface area (Å²) in [5.41, 5.74) is 1.32. The number of amides is 1. The molecule has 2 atom stereocenters. The van der Waals surface area contributed by atoms with Crippen LogP contribution in [0, 0.1) is 0 Å². The molecule has 30 heavy (non-hydrogen) atoms. The van der Waals surface area contributed by atoms with Crippen molar-refractivity contribution in [3.05, 3.63) is 60.2 Å². The standard InChI is InChI=1S/C24H31N3O3/c1-19(25(2)17-21-18-29-22-10-6-7-11-23(22)30-21)24(28)27-14-12-26(13-15-27)16-20-8-4-3-5-9-20/h3-11,19,21H,12-18H2,1-2H3/t19-,21-/m0/s1. The molecule has 1 amide bonds. The van der Waals surface area contributed by atoms with Gasteiger partial charge in [0.1, 0.15) is 12.7 Å². The third-order valence-electron chi connectivity index (χ3n) is 6.01. The van der Waals surface area contributed by atoms with Crippen LogP contribution in [0.2, 0.25) is 0 Å². The summed E-state index contributed by atoms with van der Waals surface area (Å²) in [4.78, 5) is 19.5. The molecule has 2 aromatic rings. The number of ether oxygens (including phenoxy) is 2. The van der Waals surface area contributed by atoms with Crippen LogP contribution in [-0.2, 0) is 11.3 Å². The summed E-state index contributed by atoms with van der Waals surface area (Å²) in [6.07, 6.45) is -0.0807. The van der Waals surface area contributed by atoms with Crippen molar-refractivity contribution in [1.29, 1.82) is 0 Å². The van der Waals surface area contributed by atoms with Crippen molar-refractivity contribution in [2.24, 2.45) is 0 Å². The zero-order valence-electron chi connectivity index (χ0n) is 17.9. The van der Waals surface area contributed by atoms with Crippen molar-refractivity contribution in [2.75, 3.05) is 46.4 Å². The number of benzene rings is 2. The second-order valence-electron chi connectivity index (χ2n) is 8.20. The highest BCUT2D eigenvalue weighted by molar-refractivity contribution is 5.81. The monoisotopic (exact) mass is 409 g/mol. The quantitative estimate of drug-likeness (QED) is 0.734. The van der Waals surface area contributed by atoms with Gasteiger partial charge in [-0.25, -0.2) is 0 Å². The van der Waals surface area contributed by atoms with Crippen LogP contribution in [0.15, 0.2) is 54.6 Å². The number of carbonyl (C=O) groups is 1. The minimum Gasteiger partial charge on any atom is -0.486 e. The lowest BCUT2D eigenvalue weighted by molar-refractivity contribution is -0.138. The summed E-state index contributed by atoms with van der Waals surface area (Å²) >= 11 is 0. The molecule has 1 saturated heterocycles. The number of para-hydroxylation sites is 2. The Morgan fingerprint density at radius 2 is 1.70 bits per heavy atom. The van der Waals surface area contributed by atoms with E-state index in [1.54, 1.807) is 0 Å². The van der Waals surface area contributed by atoms with Gasteiger partial charge < -0.3 is 14.4 Å². The van der Waals surface area contributed by atoms with Crippen LogP contribution in [0.25, 0.3) is 0 Å². The van der Waals surface area contributed by atoms with E-state index in [0.717, 1.165) is 44.2 Å². The Morgan fingerprint density at radius 1 is 1.03 bits per heavy atom. The molecule has 0 unspecified atom stereocenters. The Bertz CT molecular complexity index is 837. The second-order valence-corrected chi connectivity index (χ2v) is 8.20. The Labute approximate surface area is 179 Å². The van der Waals surface area contributed by atoms with E-state index in [-0.39, 0.29) is 18.1 Å².